The average molecular weight is 304 g/mol. The number of rotatable bonds is 2. The lowest BCUT2D eigenvalue weighted by Crippen LogP contribution is -2.21. The van der Waals surface area contributed by atoms with Crippen LogP contribution in [0.3, 0.4) is 0 Å². The van der Waals surface area contributed by atoms with E-state index in [0.29, 0.717) is 12.1 Å². The minimum Gasteiger partial charge on any atom is -0.508 e. The Bertz CT molecular complexity index is 427. The molecule has 2 rings (SSSR count). The maximum atomic E-state index is 10.8. The van der Waals surface area contributed by atoms with Gasteiger partial charge in [0.2, 0.25) is 0 Å². The van der Waals surface area contributed by atoms with E-state index in [2.05, 4.69) is 21.2 Å². The van der Waals surface area contributed by atoms with Crippen molar-refractivity contribution in [2.24, 2.45) is 0 Å². The molecule has 0 saturated carbocycles. The summed E-state index contributed by atoms with van der Waals surface area (Å²) in [6.45, 7) is 0.413. The van der Waals surface area contributed by atoms with Crippen LogP contribution in [0.15, 0.2) is 22.7 Å². The van der Waals surface area contributed by atoms with Crippen molar-refractivity contribution in [1.29, 1.82) is 0 Å². The van der Waals surface area contributed by atoms with E-state index < -0.39 is 11.2 Å². The molecule has 0 bridgehead atoms. The van der Waals surface area contributed by atoms with Crippen LogP contribution in [0.25, 0.3) is 0 Å². The van der Waals surface area contributed by atoms with Gasteiger partial charge in [0.05, 0.1) is 5.37 Å². The first kappa shape index (κ1) is 11.8. The van der Waals surface area contributed by atoms with Gasteiger partial charge in [-0.3, -0.25) is 10.1 Å². The summed E-state index contributed by atoms with van der Waals surface area (Å²) in [4.78, 5) is 10.8. The quantitative estimate of drug-likeness (QED) is 0.779. The fourth-order valence-electron chi connectivity index (χ4n) is 1.54. The van der Waals surface area contributed by atoms with Crippen molar-refractivity contribution in [2.45, 2.75) is 10.6 Å². The van der Waals surface area contributed by atoms with Gasteiger partial charge in [0.15, 0.2) is 0 Å². The zero-order chi connectivity index (χ0) is 11.7. The van der Waals surface area contributed by atoms with E-state index in [1.807, 2.05) is 0 Å². The summed E-state index contributed by atoms with van der Waals surface area (Å²) in [5.41, 5.74) is 0.711. The zero-order valence-corrected chi connectivity index (χ0v) is 10.6. The topological polar surface area (TPSA) is 69.6 Å². The third-order valence-corrected chi connectivity index (χ3v) is 4.22. The Morgan fingerprint density at radius 3 is 2.94 bits per heavy atom. The second-order valence-corrected chi connectivity index (χ2v) is 5.68. The van der Waals surface area contributed by atoms with Gasteiger partial charge >= 0.3 is 5.97 Å². The lowest BCUT2D eigenvalue weighted by atomic mass is 10.2. The Morgan fingerprint density at radius 1 is 1.56 bits per heavy atom. The van der Waals surface area contributed by atoms with Gasteiger partial charge in [-0.15, -0.1) is 11.8 Å². The number of halogens is 1. The van der Waals surface area contributed by atoms with Gasteiger partial charge in [-0.05, 0) is 18.2 Å². The number of phenolic OH excluding ortho intramolecular Hbond substituents is 1. The van der Waals surface area contributed by atoms with Gasteiger partial charge in [-0.2, -0.15) is 0 Å². The van der Waals surface area contributed by atoms with Gasteiger partial charge in [0, 0.05) is 16.6 Å². The number of phenols is 1. The van der Waals surface area contributed by atoms with Crippen molar-refractivity contribution in [3.05, 3.63) is 28.2 Å². The van der Waals surface area contributed by atoms with E-state index in [-0.39, 0.29) is 11.1 Å². The Hall–Kier alpha value is -0.720. The van der Waals surface area contributed by atoms with Crippen LogP contribution >= 0.6 is 27.7 Å². The molecule has 1 aliphatic heterocycles. The minimum absolute atomic E-state index is 0.168. The summed E-state index contributed by atoms with van der Waals surface area (Å²) < 4.78 is 0.862. The summed E-state index contributed by atoms with van der Waals surface area (Å²) >= 11 is 4.63. The normalized spacial score (nSPS) is 24.6. The smallest absolute Gasteiger partial charge is 0.318 e. The van der Waals surface area contributed by atoms with Gasteiger partial charge in [0.25, 0.3) is 0 Å². The first-order chi connectivity index (χ1) is 7.58. The highest BCUT2D eigenvalue weighted by molar-refractivity contribution is 9.10. The van der Waals surface area contributed by atoms with E-state index in [1.54, 1.807) is 18.2 Å². The number of hydrogen-bond acceptors (Lipinski definition) is 4. The second-order valence-electron chi connectivity index (χ2n) is 3.45. The molecule has 1 fully saturated rings. The molecule has 16 heavy (non-hydrogen) atoms. The minimum atomic E-state index is -0.825. The van der Waals surface area contributed by atoms with E-state index in [4.69, 9.17) is 5.11 Å². The number of carbonyl (C=O) groups is 1. The number of nitrogens with one attached hydrogen (secondary N) is 1. The lowest BCUT2D eigenvalue weighted by molar-refractivity contribution is -0.136. The van der Waals surface area contributed by atoms with Crippen molar-refractivity contribution in [2.75, 3.05) is 6.54 Å². The van der Waals surface area contributed by atoms with Crippen LogP contribution in [0.1, 0.15) is 10.9 Å². The summed E-state index contributed by atoms with van der Waals surface area (Å²) in [5.74, 6) is -0.645. The van der Waals surface area contributed by atoms with Crippen LogP contribution in [0.5, 0.6) is 5.75 Å². The molecule has 3 N–H and O–H groups in total. The third kappa shape index (κ3) is 2.34. The van der Waals surface area contributed by atoms with E-state index in [0.717, 1.165) is 4.47 Å². The fourth-order valence-corrected chi connectivity index (χ4v) is 3.08. The molecule has 1 heterocycles. The molecular weight excluding hydrogens is 294 g/mol. The van der Waals surface area contributed by atoms with Gasteiger partial charge in [-0.25, -0.2) is 0 Å². The molecule has 4 nitrogen and oxygen atoms in total. The van der Waals surface area contributed by atoms with Crippen LogP contribution in [0, 0.1) is 0 Å². The Labute approximate surface area is 105 Å². The molecule has 0 aliphatic carbocycles. The molecule has 1 aliphatic rings. The van der Waals surface area contributed by atoms with Crippen LogP contribution < -0.4 is 5.32 Å². The number of aromatic hydroxyl groups is 1. The number of thioether (sulfide) groups is 1. The number of hydrogen-bond donors (Lipinski definition) is 3. The van der Waals surface area contributed by atoms with Crippen molar-refractivity contribution in [1.82, 2.24) is 5.32 Å². The molecule has 0 aromatic heterocycles. The van der Waals surface area contributed by atoms with Gasteiger partial charge in [0.1, 0.15) is 11.0 Å². The zero-order valence-electron chi connectivity index (χ0n) is 8.18. The molecule has 0 unspecified atom stereocenters. The Balaban J connectivity index is 2.20. The largest absolute Gasteiger partial charge is 0.508 e. The van der Waals surface area contributed by atoms with Crippen molar-refractivity contribution >= 4 is 33.7 Å². The molecule has 0 amide bonds. The van der Waals surface area contributed by atoms with E-state index >= 15 is 0 Å². The fraction of sp³-hybridized carbons (Fsp3) is 0.300. The van der Waals surface area contributed by atoms with E-state index in [1.165, 1.54) is 11.8 Å². The number of aliphatic carboxylic acids is 1. The van der Waals surface area contributed by atoms with Crippen LogP contribution in [-0.4, -0.2) is 28.0 Å². The standard InChI is InChI=1S/C10H10BrNO3S/c11-5-1-2-7(13)6(3-5)9-12-4-8(16-9)10(14)15/h1-3,8-9,12-13H,4H2,(H,14,15)/t8-,9-/m0/s1. The predicted octanol–water partition coefficient (Wildman–Crippen LogP) is 1.94. The maximum Gasteiger partial charge on any atom is 0.318 e. The van der Waals surface area contributed by atoms with Gasteiger partial charge < -0.3 is 10.2 Å². The summed E-state index contributed by atoms with van der Waals surface area (Å²) in [7, 11) is 0. The second kappa shape index (κ2) is 4.65. The number of benzene rings is 1. The molecule has 6 heteroatoms. The molecule has 1 aromatic carbocycles. The summed E-state index contributed by atoms with van der Waals surface area (Å²) in [5, 5.41) is 21.0. The highest BCUT2D eigenvalue weighted by Crippen LogP contribution is 2.39. The predicted molar refractivity (Wildman–Crippen MR) is 65.6 cm³/mol. The van der Waals surface area contributed by atoms with Crippen LogP contribution in [0.2, 0.25) is 0 Å². The number of carboxylic acids is 1. The Morgan fingerprint density at radius 2 is 2.31 bits per heavy atom. The van der Waals surface area contributed by atoms with Crippen LogP contribution in [-0.2, 0) is 4.79 Å². The molecule has 1 aromatic rings. The average Bonchev–Trinajstić information content (AvgIpc) is 2.70. The lowest BCUT2D eigenvalue weighted by Gasteiger charge is -2.12. The Kier molecular flexibility index (Phi) is 3.41. The van der Waals surface area contributed by atoms with Gasteiger partial charge in [-0.1, -0.05) is 15.9 Å². The van der Waals surface area contributed by atoms with Crippen LogP contribution in [0.4, 0.5) is 0 Å². The number of carboxylic acid groups (broad SMARTS) is 1. The first-order valence-electron chi connectivity index (χ1n) is 4.68. The molecule has 2 atom stereocenters. The maximum absolute atomic E-state index is 10.8. The molecule has 1 saturated heterocycles. The van der Waals surface area contributed by atoms with Crippen molar-refractivity contribution in [3.63, 3.8) is 0 Å². The summed E-state index contributed by atoms with van der Waals surface area (Å²) in [6.07, 6.45) is 0. The molecule has 86 valence electrons. The monoisotopic (exact) mass is 303 g/mol. The SMILES string of the molecule is O=C(O)[C@@H]1CN[C@H](c2cc(Br)ccc2O)S1. The molecule has 0 spiro atoms. The first-order valence-corrected chi connectivity index (χ1v) is 6.41. The highest BCUT2D eigenvalue weighted by Gasteiger charge is 2.32. The van der Waals surface area contributed by atoms with Crippen molar-refractivity contribution in [3.8, 4) is 5.75 Å². The van der Waals surface area contributed by atoms with E-state index in [9.17, 15) is 9.90 Å². The summed E-state index contributed by atoms with van der Waals surface area (Å²) in [6, 6.07) is 5.13. The van der Waals surface area contributed by atoms with Crippen molar-refractivity contribution < 1.29 is 15.0 Å². The molecular formula is C10H10BrNO3S. The third-order valence-electron chi connectivity index (χ3n) is 2.34. The highest BCUT2D eigenvalue weighted by atomic mass is 79.9. The molecule has 0 radical (unpaired) electrons.